The Balaban J connectivity index is 2.04. The number of halogens is 3. The number of para-hydroxylation sites is 1. The van der Waals surface area contributed by atoms with Crippen molar-refractivity contribution in [3.05, 3.63) is 47.5 Å². The number of alkyl halides is 3. The van der Waals surface area contributed by atoms with Crippen LogP contribution in [0.4, 0.5) is 13.2 Å². The van der Waals surface area contributed by atoms with Gasteiger partial charge in [-0.15, -0.1) is 0 Å². The molecule has 4 rings (SSSR count). The summed E-state index contributed by atoms with van der Waals surface area (Å²) in [5.74, 6) is -1.70. The quantitative estimate of drug-likeness (QED) is 0.717. The molecule has 1 unspecified atom stereocenters. The molecule has 0 saturated carbocycles. The van der Waals surface area contributed by atoms with E-state index < -0.39 is 23.8 Å². The van der Waals surface area contributed by atoms with Gasteiger partial charge in [-0.1, -0.05) is 18.2 Å². The van der Waals surface area contributed by atoms with Gasteiger partial charge >= 0.3 is 12.1 Å². The van der Waals surface area contributed by atoms with Crippen LogP contribution in [0.15, 0.2) is 46.4 Å². The van der Waals surface area contributed by atoms with Crippen LogP contribution in [0, 0.1) is 0 Å². The van der Waals surface area contributed by atoms with Crippen LogP contribution in [-0.2, 0) is 4.79 Å². The van der Waals surface area contributed by atoms with Crippen molar-refractivity contribution in [2.24, 2.45) is 0 Å². The standard InChI is InChI=1S/C17H9F3O4/c18-17(19,20)15-10(16(21)22)7-9-12(24-15)5-6-13-14(9)8-3-1-2-4-11(8)23-13/h1-7,15H,(H,21,22). The molecule has 0 amide bonds. The fourth-order valence-electron chi connectivity index (χ4n) is 2.91. The smallest absolute Gasteiger partial charge is 0.430 e. The molecular formula is C17H9F3O4. The van der Waals surface area contributed by atoms with E-state index in [1.807, 2.05) is 0 Å². The number of carboxylic acid groups (broad SMARTS) is 1. The molecule has 2 aromatic carbocycles. The molecule has 1 atom stereocenters. The topological polar surface area (TPSA) is 59.7 Å². The van der Waals surface area contributed by atoms with Crippen LogP contribution in [0.25, 0.3) is 28.0 Å². The van der Waals surface area contributed by atoms with Gasteiger partial charge < -0.3 is 14.3 Å². The Bertz CT molecular complexity index is 1010. The summed E-state index contributed by atoms with van der Waals surface area (Å²) in [5, 5.41) is 10.4. The number of hydrogen-bond donors (Lipinski definition) is 1. The lowest BCUT2D eigenvalue weighted by Crippen LogP contribution is -2.40. The third-order valence-corrected chi connectivity index (χ3v) is 3.91. The maximum absolute atomic E-state index is 13.1. The van der Waals surface area contributed by atoms with Crippen LogP contribution in [0.3, 0.4) is 0 Å². The maximum atomic E-state index is 13.1. The molecule has 0 aliphatic carbocycles. The lowest BCUT2D eigenvalue weighted by Gasteiger charge is -2.27. The van der Waals surface area contributed by atoms with E-state index in [4.69, 9.17) is 14.3 Å². The minimum absolute atomic E-state index is 0.0265. The normalized spacial score (nSPS) is 17.5. The number of carboxylic acids is 1. The van der Waals surface area contributed by atoms with Crippen LogP contribution in [0.5, 0.6) is 5.75 Å². The molecule has 0 spiro atoms. The van der Waals surface area contributed by atoms with Crippen LogP contribution >= 0.6 is 0 Å². The Morgan fingerprint density at radius 1 is 1.08 bits per heavy atom. The fraction of sp³-hybridized carbons (Fsp3) is 0.118. The Morgan fingerprint density at radius 3 is 2.54 bits per heavy atom. The van der Waals surface area contributed by atoms with Gasteiger partial charge in [0, 0.05) is 16.3 Å². The van der Waals surface area contributed by atoms with Crippen molar-refractivity contribution in [1.82, 2.24) is 0 Å². The molecule has 3 aromatic rings. The monoisotopic (exact) mass is 334 g/mol. The summed E-state index contributed by atoms with van der Waals surface area (Å²) in [4.78, 5) is 11.3. The first-order valence-electron chi connectivity index (χ1n) is 6.99. The second kappa shape index (κ2) is 4.77. The molecular weight excluding hydrogens is 325 g/mol. The fourth-order valence-corrected chi connectivity index (χ4v) is 2.91. The molecule has 1 aliphatic rings. The SMILES string of the molecule is O=C(O)C1=Cc2c(ccc3oc4ccccc4c23)OC1C(F)(F)F. The number of carbonyl (C=O) groups is 1. The Labute approximate surface area is 132 Å². The number of benzene rings is 2. The summed E-state index contributed by atoms with van der Waals surface area (Å²) < 4.78 is 49.9. The number of aliphatic carboxylic acids is 1. The van der Waals surface area contributed by atoms with Crippen molar-refractivity contribution >= 4 is 34.0 Å². The predicted octanol–water partition coefficient (Wildman–Crippen LogP) is 4.38. The summed E-state index contributed by atoms with van der Waals surface area (Å²) in [6, 6.07) is 9.89. The highest BCUT2D eigenvalue weighted by atomic mass is 19.4. The summed E-state index contributed by atoms with van der Waals surface area (Å²) in [6.45, 7) is 0. The highest BCUT2D eigenvalue weighted by Crippen LogP contribution is 2.43. The van der Waals surface area contributed by atoms with Gasteiger partial charge in [-0.3, -0.25) is 0 Å². The van der Waals surface area contributed by atoms with Crippen LogP contribution in [-0.4, -0.2) is 23.4 Å². The number of furan rings is 1. The van der Waals surface area contributed by atoms with Crippen molar-refractivity contribution in [3.63, 3.8) is 0 Å². The van der Waals surface area contributed by atoms with Crippen molar-refractivity contribution in [2.75, 3.05) is 0 Å². The molecule has 0 fully saturated rings. The van der Waals surface area contributed by atoms with E-state index in [9.17, 15) is 18.0 Å². The van der Waals surface area contributed by atoms with Crippen molar-refractivity contribution < 1.29 is 32.2 Å². The highest BCUT2D eigenvalue weighted by molar-refractivity contribution is 6.11. The average Bonchev–Trinajstić information content (AvgIpc) is 2.91. The molecule has 1 aromatic heterocycles. The lowest BCUT2D eigenvalue weighted by atomic mass is 9.97. The molecule has 7 heteroatoms. The van der Waals surface area contributed by atoms with E-state index in [0.717, 1.165) is 6.08 Å². The molecule has 0 bridgehead atoms. The third kappa shape index (κ3) is 2.05. The van der Waals surface area contributed by atoms with Gasteiger partial charge in [-0.05, 0) is 24.3 Å². The van der Waals surface area contributed by atoms with E-state index in [1.165, 1.54) is 12.1 Å². The number of ether oxygens (including phenoxy) is 1. The zero-order chi connectivity index (χ0) is 17.1. The molecule has 24 heavy (non-hydrogen) atoms. The number of hydrogen-bond acceptors (Lipinski definition) is 3. The van der Waals surface area contributed by atoms with E-state index in [-0.39, 0.29) is 11.3 Å². The van der Waals surface area contributed by atoms with E-state index in [1.54, 1.807) is 24.3 Å². The second-order valence-corrected chi connectivity index (χ2v) is 5.39. The molecule has 122 valence electrons. The summed E-state index contributed by atoms with van der Waals surface area (Å²) in [5.41, 5.74) is 0.428. The third-order valence-electron chi connectivity index (χ3n) is 3.91. The van der Waals surface area contributed by atoms with Gasteiger partial charge in [0.15, 0.2) is 0 Å². The molecule has 1 aliphatic heterocycles. The molecule has 1 N–H and O–H groups in total. The molecule has 0 saturated heterocycles. The molecule has 4 nitrogen and oxygen atoms in total. The first kappa shape index (κ1) is 14.6. The van der Waals surface area contributed by atoms with Gasteiger partial charge in [0.1, 0.15) is 16.9 Å². The Morgan fingerprint density at radius 2 is 1.83 bits per heavy atom. The first-order chi connectivity index (χ1) is 11.4. The van der Waals surface area contributed by atoms with E-state index in [0.29, 0.717) is 21.9 Å². The van der Waals surface area contributed by atoms with Gasteiger partial charge in [0.05, 0.1) is 5.57 Å². The van der Waals surface area contributed by atoms with Gasteiger partial charge in [-0.25, -0.2) is 4.79 Å². The maximum Gasteiger partial charge on any atom is 0.430 e. The summed E-state index contributed by atoms with van der Waals surface area (Å²) in [7, 11) is 0. The molecule has 0 radical (unpaired) electrons. The minimum atomic E-state index is -4.82. The van der Waals surface area contributed by atoms with E-state index in [2.05, 4.69) is 0 Å². The zero-order valence-electron chi connectivity index (χ0n) is 11.9. The highest BCUT2D eigenvalue weighted by Gasteiger charge is 2.48. The largest absolute Gasteiger partial charge is 0.478 e. The van der Waals surface area contributed by atoms with Gasteiger partial charge in [0.25, 0.3) is 0 Å². The minimum Gasteiger partial charge on any atom is -0.478 e. The van der Waals surface area contributed by atoms with Crippen molar-refractivity contribution in [3.8, 4) is 5.75 Å². The lowest BCUT2D eigenvalue weighted by molar-refractivity contribution is -0.187. The second-order valence-electron chi connectivity index (χ2n) is 5.39. The average molecular weight is 334 g/mol. The Hall–Kier alpha value is -2.96. The summed E-state index contributed by atoms with van der Waals surface area (Å²) >= 11 is 0. The first-order valence-corrected chi connectivity index (χ1v) is 6.99. The van der Waals surface area contributed by atoms with Crippen molar-refractivity contribution in [1.29, 1.82) is 0 Å². The molecule has 2 heterocycles. The zero-order valence-corrected chi connectivity index (χ0v) is 11.9. The number of fused-ring (bicyclic) bond motifs is 5. The summed E-state index contributed by atoms with van der Waals surface area (Å²) in [6.07, 6.45) is -6.31. The van der Waals surface area contributed by atoms with Crippen LogP contribution in [0.2, 0.25) is 0 Å². The van der Waals surface area contributed by atoms with E-state index >= 15 is 0 Å². The number of rotatable bonds is 1. The van der Waals surface area contributed by atoms with Crippen molar-refractivity contribution in [2.45, 2.75) is 12.3 Å². The Kier molecular flexibility index (Phi) is 2.90. The van der Waals surface area contributed by atoms with Crippen LogP contribution in [0.1, 0.15) is 5.56 Å². The van der Waals surface area contributed by atoms with Gasteiger partial charge in [0.2, 0.25) is 6.10 Å². The van der Waals surface area contributed by atoms with Gasteiger partial charge in [-0.2, -0.15) is 13.2 Å². The predicted molar refractivity (Wildman–Crippen MR) is 79.8 cm³/mol. The van der Waals surface area contributed by atoms with Crippen LogP contribution < -0.4 is 4.74 Å².